The minimum absolute atomic E-state index is 0.00624. The fraction of sp³-hybridized carbons (Fsp3) is 0.700. The van der Waals surface area contributed by atoms with E-state index < -0.39 is 5.41 Å². The summed E-state index contributed by atoms with van der Waals surface area (Å²) in [6.45, 7) is 13.1. The van der Waals surface area contributed by atoms with Crippen LogP contribution in [0.1, 0.15) is 84.8 Å². The number of carbonyl (C=O) groups is 1. The molecule has 5 rings (SSSR count). The molecule has 0 heterocycles. The van der Waals surface area contributed by atoms with Crippen molar-refractivity contribution in [3.8, 4) is 11.5 Å². The summed E-state index contributed by atoms with van der Waals surface area (Å²) in [6, 6.07) is 4.53. The molecule has 34 heavy (non-hydrogen) atoms. The van der Waals surface area contributed by atoms with Crippen LogP contribution in [-0.4, -0.2) is 26.8 Å². The van der Waals surface area contributed by atoms with Crippen molar-refractivity contribution in [1.29, 1.82) is 0 Å². The quantitative estimate of drug-likeness (QED) is 0.209. The molecule has 0 amide bonds. The Morgan fingerprint density at radius 3 is 2.21 bits per heavy atom. The van der Waals surface area contributed by atoms with E-state index in [4.69, 9.17) is 14.2 Å². The average molecular weight is 467 g/mol. The standard InChI is InChI=1S/C30H42O4/c1-9-10-11-12-13-28(5,6)19-14-20(32-7)23(21(15-19)33-8)29-16-18(17-34-26(31)27(2,3)4)22-24-25(29)30(22,24)29/h14-16,22,24-25H,9-13,17H2,1-8H3/t22?,24?,25?,29-,30?/m1/s1. The van der Waals surface area contributed by atoms with E-state index in [2.05, 4.69) is 39.0 Å². The van der Waals surface area contributed by atoms with Crippen molar-refractivity contribution in [1.82, 2.24) is 0 Å². The summed E-state index contributed by atoms with van der Waals surface area (Å²) < 4.78 is 17.8. The third kappa shape index (κ3) is 2.99. The summed E-state index contributed by atoms with van der Waals surface area (Å²) >= 11 is 0. The van der Waals surface area contributed by atoms with Crippen LogP contribution in [0, 0.1) is 28.6 Å². The Bertz CT molecular complexity index is 1020. The van der Waals surface area contributed by atoms with E-state index in [1.165, 1.54) is 42.4 Å². The van der Waals surface area contributed by atoms with Gasteiger partial charge in [-0.3, -0.25) is 4.79 Å². The lowest BCUT2D eigenvalue weighted by Crippen LogP contribution is -2.25. The number of methoxy groups -OCH3 is 2. The van der Waals surface area contributed by atoms with Gasteiger partial charge in [0.25, 0.3) is 0 Å². The molecule has 3 saturated carbocycles. The molecule has 1 aromatic carbocycles. The SMILES string of the molecule is CCCCCCC(C)(C)c1cc(OC)c([C@]23C=C(COC(=O)C(C)(C)C)C4C5C2C453)c(OC)c1. The van der Waals surface area contributed by atoms with Crippen LogP contribution < -0.4 is 9.47 Å². The van der Waals surface area contributed by atoms with E-state index >= 15 is 0 Å². The van der Waals surface area contributed by atoms with E-state index in [1.54, 1.807) is 14.2 Å². The van der Waals surface area contributed by atoms with Gasteiger partial charge < -0.3 is 14.2 Å². The number of hydrogen-bond acceptors (Lipinski definition) is 4. The lowest BCUT2D eigenvalue weighted by molar-refractivity contribution is -0.152. The van der Waals surface area contributed by atoms with Gasteiger partial charge in [0.1, 0.15) is 18.1 Å². The van der Waals surface area contributed by atoms with Crippen LogP contribution in [0.2, 0.25) is 0 Å². The van der Waals surface area contributed by atoms with Gasteiger partial charge in [0.05, 0.1) is 19.6 Å². The van der Waals surface area contributed by atoms with Gasteiger partial charge in [0.2, 0.25) is 0 Å². The third-order valence-electron chi connectivity index (χ3n) is 9.36. The molecule has 0 aliphatic heterocycles. The Hall–Kier alpha value is -1.97. The van der Waals surface area contributed by atoms with E-state index in [0.29, 0.717) is 23.9 Å². The molecular formula is C30H42O4. The Morgan fingerprint density at radius 1 is 1.00 bits per heavy atom. The second kappa shape index (κ2) is 7.51. The molecule has 186 valence electrons. The van der Waals surface area contributed by atoms with E-state index in [9.17, 15) is 4.79 Å². The highest BCUT2D eigenvalue weighted by Crippen LogP contribution is 3.12. The topological polar surface area (TPSA) is 44.8 Å². The van der Waals surface area contributed by atoms with Crippen LogP contribution >= 0.6 is 0 Å². The van der Waals surface area contributed by atoms with Crippen LogP contribution in [0.5, 0.6) is 11.5 Å². The molecule has 1 spiro atoms. The molecule has 0 bridgehead atoms. The zero-order chi connectivity index (χ0) is 24.7. The van der Waals surface area contributed by atoms with Crippen LogP contribution in [0.25, 0.3) is 0 Å². The molecule has 4 unspecified atom stereocenters. The van der Waals surface area contributed by atoms with Gasteiger partial charge in [-0.15, -0.1) is 0 Å². The number of allylic oxidation sites excluding steroid dienone is 1. The summed E-state index contributed by atoms with van der Waals surface area (Å²) in [6.07, 6.45) is 8.66. The molecule has 0 aromatic heterocycles. The predicted octanol–water partition coefficient (Wildman–Crippen LogP) is 6.59. The molecule has 0 N–H and O–H groups in total. The van der Waals surface area contributed by atoms with Crippen molar-refractivity contribution in [2.75, 3.05) is 20.8 Å². The molecule has 4 nitrogen and oxygen atoms in total. The average Bonchev–Trinajstić information content (AvgIpc) is 3.72. The van der Waals surface area contributed by atoms with Gasteiger partial charge >= 0.3 is 5.97 Å². The monoisotopic (exact) mass is 466 g/mol. The normalized spacial score (nSPS) is 31.9. The zero-order valence-electron chi connectivity index (χ0n) is 22.3. The number of ether oxygens (including phenoxy) is 3. The molecule has 3 fully saturated rings. The first-order valence-corrected chi connectivity index (χ1v) is 13.2. The number of esters is 1. The largest absolute Gasteiger partial charge is 0.496 e. The van der Waals surface area contributed by atoms with Crippen molar-refractivity contribution in [3.05, 3.63) is 34.9 Å². The smallest absolute Gasteiger partial charge is 0.311 e. The van der Waals surface area contributed by atoms with Crippen molar-refractivity contribution >= 4 is 5.97 Å². The summed E-state index contributed by atoms with van der Waals surface area (Å²) in [7, 11) is 3.57. The maximum atomic E-state index is 12.3. The van der Waals surface area contributed by atoms with E-state index in [0.717, 1.165) is 23.8 Å². The van der Waals surface area contributed by atoms with Gasteiger partial charge in [0, 0.05) is 11.0 Å². The maximum Gasteiger partial charge on any atom is 0.311 e. The number of fused-ring (bicyclic) bond motifs is 3. The predicted molar refractivity (Wildman–Crippen MR) is 134 cm³/mol. The number of rotatable bonds is 11. The highest BCUT2D eigenvalue weighted by Gasteiger charge is 3.12. The first-order valence-electron chi connectivity index (χ1n) is 13.2. The maximum absolute atomic E-state index is 12.3. The molecule has 0 radical (unpaired) electrons. The number of hydrogen-bond donors (Lipinski definition) is 0. The zero-order valence-corrected chi connectivity index (χ0v) is 22.3. The molecule has 0 saturated heterocycles. The second-order valence-electron chi connectivity index (χ2n) is 12.8. The molecule has 1 aromatic rings. The number of unbranched alkanes of at least 4 members (excludes halogenated alkanes) is 3. The van der Waals surface area contributed by atoms with E-state index in [-0.39, 0.29) is 16.8 Å². The summed E-state index contributed by atoms with van der Waals surface area (Å²) in [5.41, 5.74) is 3.75. The summed E-state index contributed by atoms with van der Waals surface area (Å²) in [5.74, 6) is 3.83. The molecule has 4 aliphatic carbocycles. The van der Waals surface area contributed by atoms with Crippen molar-refractivity contribution in [2.45, 2.75) is 84.5 Å². The van der Waals surface area contributed by atoms with Crippen LogP contribution in [0.15, 0.2) is 23.8 Å². The fourth-order valence-electron chi connectivity index (χ4n) is 7.36. The number of carbonyl (C=O) groups excluding carboxylic acids is 1. The van der Waals surface area contributed by atoms with Crippen molar-refractivity contribution in [3.63, 3.8) is 0 Å². The number of benzene rings is 1. The van der Waals surface area contributed by atoms with Gasteiger partial charge in [-0.05, 0) is 79.0 Å². The molecule has 4 heteroatoms. The van der Waals surface area contributed by atoms with Crippen molar-refractivity contribution in [2.24, 2.45) is 28.6 Å². The highest BCUT2D eigenvalue weighted by atomic mass is 16.5. The Morgan fingerprint density at radius 2 is 1.65 bits per heavy atom. The Labute approximate surface area is 205 Å². The minimum atomic E-state index is -0.474. The Balaban J connectivity index is 1.42. The molecule has 4 aliphatic rings. The van der Waals surface area contributed by atoms with Crippen molar-refractivity contribution < 1.29 is 19.0 Å². The molecule has 5 atom stereocenters. The minimum Gasteiger partial charge on any atom is -0.496 e. The third-order valence-corrected chi connectivity index (χ3v) is 9.36. The second-order valence-corrected chi connectivity index (χ2v) is 12.8. The van der Waals surface area contributed by atoms with E-state index in [1.807, 2.05) is 20.8 Å². The summed E-state index contributed by atoms with van der Waals surface area (Å²) in [4.78, 5) is 12.3. The van der Waals surface area contributed by atoms with Gasteiger partial charge in [0.15, 0.2) is 0 Å². The van der Waals surface area contributed by atoms with Gasteiger partial charge in [-0.25, -0.2) is 0 Å². The lowest BCUT2D eigenvalue weighted by atomic mass is 9.76. The lowest BCUT2D eigenvalue weighted by Gasteiger charge is -2.30. The molecular weight excluding hydrogens is 424 g/mol. The Kier molecular flexibility index (Phi) is 5.25. The fourth-order valence-corrected chi connectivity index (χ4v) is 7.36. The first kappa shape index (κ1) is 23.8. The van der Waals surface area contributed by atoms with Crippen LogP contribution in [0.3, 0.4) is 0 Å². The first-order chi connectivity index (χ1) is 16.0. The van der Waals surface area contributed by atoms with Gasteiger partial charge in [-0.2, -0.15) is 0 Å². The van der Waals surface area contributed by atoms with Gasteiger partial charge in [-0.1, -0.05) is 52.5 Å². The highest BCUT2D eigenvalue weighted by molar-refractivity contribution is 5.80. The van der Waals surface area contributed by atoms with Crippen LogP contribution in [0.4, 0.5) is 0 Å². The van der Waals surface area contributed by atoms with Crippen LogP contribution in [-0.2, 0) is 20.4 Å². The summed E-state index contributed by atoms with van der Waals surface area (Å²) in [5, 5.41) is 0.